The van der Waals surface area contributed by atoms with E-state index >= 15 is 0 Å². The Kier molecular flexibility index (Phi) is 4.58. The molecule has 0 unspecified atom stereocenters. The first-order chi connectivity index (χ1) is 10.3. The molecule has 8 heteroatoms. The number of alkyl halides is 1. The Balaban J connectivity index is 2.07. The van der Waals surface area contributed by atoms with Crippen LogP contribution in [0.3, 0.4) is 0 Å². The van der Waals surface area contributed by atoms with Crippen molar-refractivity contribution in [2.24, 2.45) is 0 Å². The molecule has 1 aliphatic heterocycles. The molecule has 120 valence electrons. The van der Waals surface area contributed by atoms with Crippen molar-refractivity contribution in [1.82, 2.24) is 15.1 Å². The summed E-state index contributed by atoms with van der Waals surface area (Å²) in [5.41, 5.74) is -0.711. The third-order valence-electron chi connectivity index (χ3n) is 3.00. The molecule has 0 spiro atoms. The summed E-state index contributed by atoms with van der Waals surface area (Å²) >= 11 is 0. The van der Waals surface area contributed by atoms with E-state index in [9.17, 15) is 14.0 Å². The van der Waals surface area contributed by atoms with Gasteiger partial charge in [0.15, 0.2) is 5.82 Å². The number of carbonyl (C=O) groups excluding carboxylic acids is 2. The number of amides is 2. The standard InChI is InChI=1S/C14H19FN4O3/c1-14(2,3)22-13(21)19-8-9(15)7-10(19)12(20)17-11-5-4-6-16-18-11/h4-6,9-10H,7-8H2,1-3H3,(H,17,18,20)/t9-,10+/m1/s1. The van der Waals surface area contributed by atoms with E-state index in [1.165, 1.54) is 6.20 Å². The Hall–Kier alpha value is -2.25. The van der Waals surface area contributed by atoms with Crippen LogP contribution in [0.25, 0.3) is 0 Å². The van der Waals surface area contributed by atoms with E-state index in [0.717, 1.165) is 4.90 Å². The second-order valence-electron chi connectivity index (χ2n) is 6.08. The normalized spacial score (nSPS) is 21.5. The number of aromatic nitrogens is 2. The third-order valence-corrected chi connectivity index (χ3v) is 3.00. The smallest absolute Gasteiger partial charge is 0.411 e. The van der Waals surface area contributed by atoms with Gasteiger partial charge in [-0.05, 0) is 32.9 Å². The molecule has 0 saturated carbocycles. The van der Waals surface area contributed by atoms with Crippen molar-refractivity contribution in [3.63, 3.8) is 0 Å². The molecule has 0 aromatic carbocycles. The molecular formula is C14H19FN4O3. The van der Waals surface area contributed by atoms with Crippen LogP contribution in [0.15, 0.2) is 18.3 Å². The number of nitrogens with zero attached hydrogens (tertiary/aromatic N) is 3. The van der Waals surface area contributed by atoms with Gasteiger partial charge in [-0.15, -0.1) is 5.10 Å². The molecule has 0 aliphatic carbocycles. The lowest BCUT2D eigenvalue weighted by Crippen LogP contribution is -2.45. The lowest BCUT2D eigenvalue weighted by atomic mass is 10.2. The highest BCUT2D eigenvalue weighted by atomic mass is 19.1. The molecular weight excluding hydrogens is 291 g/mol. The predicted molar refractivity (Wildman–Crippen MR) is 76.9 cm³/mol. The van der Waals surface area contributed by atoms with Crippen molar-refractivity contribution in [3.05, 3.63) is 18.3 Å². The number of anilines is 1. The summed E-state index contributed by atoms with van der Waals surface area (Å²) in [7, 11) is 0. The number of likely N-dealkylation sites (tertiary alicyclic amines) is 1. The largest absolute Gasteiger partial charge is 0.444 e. The summed E-state index contributed by atoms with van der Waals surface area (Å²) in [6.07, 6.45) is -0.557. The van der Waals surface area contributed by atoms with Crippen LogP contribution in [-0.4, -0.2) is 51.5 Å². The van der Waals surface area contributed by atoms with Gasteiger partial charge in [0.2, 0.25) is 5.91 Å². The SMILES string of the molecule is CC(C)(C)OC(=O)N1C[C@H](F)C[C@H]1C(=O)Nc1cccnn1. The van der Waals surface area contributed by atoms with Crippen LogP contribution >= 0.6 is 0 Å². The van der Waals surface area contributed by atoms with Gasteiger partial charge in [0.05, 0.1) is 6.54 Å². The molecule has 1 saturated heterocycles. The lowest BCUT2D eigenvalue weighted by Gasteiger charge is -2.27. The maximum atomic E-state index is 13.7. The monoisotopic (exact) mass is 310 g/mol. The molecule has 7 nitrogen and oxygen atoms in total. The number of hydrogen-bond donors (Lipinski definition) is 1. The minimum atomic E-state index is -1.26. The maximum Gasteiger partial charge on any atom is 0.411 e. The average molecular weight is 310 g/mol. The van der Waals surface area contributed by atoms with Gasteiger partial charge in [-0.2, -0.15) is 5.10 Å². The van der Waals surface area contributed by atoms with E-state index in [2.05, 4.69) is 15.5 Å². The second-order valence-corrected chi connectivity index (χ2v) is 6.08. The number of carbonyl (C=O) groups is 2. The summed E-state index contributed by atoms with van der Waals surface area (Å²) < 4.78 is 18.9. The molecule has 2 amide bonds. The van der Waals surface area contributed by atoms with Crippen molar-refractivity contribution >= 4 is 17.8 Å². The predicted octanol–water partition coefficient (Wildman–Crippen LogP) is 1.76. The first-order valence-electron chi connectivity index (χ1n) is 6.98. The van der Waals surface area contributed by atoms with Gasteiger partial charge in [-0.25, -0.2) is 9.18 Å². The van der Waals surface area contributed by atoms with E-state index in [1.807, 2.05) is 0 Å². The third kappa shape index (κ3) is 4.12. The summed E-state index contributed by atoms with van der Waals surface area (Å²) in [5, 5.41) is 9.89. The Bertz CT molecular complexity index is 547. The lowest BCUT2D eigenvalue weighted by molar-refractivity contribution is -0.120. The van der Waals surface area contributed by atoms with E-state index < -0.39 is 29.8 Å². The van der Waals surface area contributed by atoms with Gasteiger partial charge in [0.1, 0.15) is 17.8 Å². The number of hydrogen-bond acceptors (Lipinski definition) is 5. The van der Waals surface area contributed by atoms with Crippen LogP contribution in [0.2, 0.25) is 0 Å². The van der Waals surface area contributed by atoms with Gasteiger partial charge >= 0.3 is 6.09 Å². The molecule has 2 heterocycles. The fourth-order valence-corrected chi connectivity index (χ4v) is 2.13. The van der Waals surface area contributed by atoms with E-state index in [1.54, 1.807) is 32.9 Å². The molecule has 1 N–H and O–H groups in total. The summed E-state index contributed by atoms with van der Waals surface area (Å²) in [6.45, 7) is 4.97. The van der Waals surface area contributed by atoms with Crippen molar-refractivity contribution in [2.45, 2.75) is 45.0 Å². The Morgan fingerprint density at radius 1 is 1.45 bits per heavy atom. The zero-order valence-electron chi connectivity index (χ0n) is 12.7. The van der Waals surface area contributed by atoms with Crippen LogP contribution in [0, 0.1) is 0 Å². The molecule has 22 heavy (non-hydrogen) atoms. The molecule has 1 aromatic heterocycles. The van der Waals surface area contributed by atoms with Crippen molar-refractivity contribution in [1.29, 1.82) is 0 Å². The summed E-state index contributed by atoms with van der Waals surface area (Å²) in [4.78, 5) is 25.5. The van der Waals surface area contributed by atoms with Crippen molar-refractivity contribution in [2.75, 3.05) is 11.9 Å². The summed E-state index contributed by atoms with van der Waals surface area (Å²) in [6, 6.07) is 2.25. The maximum absolute atomic E-state index is 13.7. The van der Waals surface area contributed by atoms with Gasteiger partial charge in [-0.1, -0.05) is 0 Å². The molecule has 1 aliphatic rings. The van der Waals surface area contributed by atoms with Gasteiger partial charge in [0.25, 0.3) is 0 Å². The highest BCUT2D eigenvalue weighted by molar-refractivity contribution is 5.96. The number of nitrogens with one attached hydrogen (secondary N) is 1. The minimum Gasteiger partial charge on any atom is -0.444 e. The fraction of sp³-hybridized carbons (Fsp3) is 0.571. The molecule has 1 fully saturated rings. The van der Waals surface area contributed by atoms with Gasteiger partial charge in [-0.3, -0.25) is 9.69 Å². The number of halogens is 1. The zero-order chi connectivity index (χ0) is 16.3. The highest BCUT2D eigenvalue weighted by Gasteiger charge is 2.41. The van der Waals surface area contributed by atoms with Crippen molar-refractivity contribution in [3.8, 4) is 0 Å². The van der Waals surface area contributed by atoms with Crippen molar-refractivity contribution < 1.29 is 18.7 Å². The second kappa shape index (κ2) is 6.25. The first-order valence-corrected chi connectivity index (χ1v) is 6.98. The highest BCUT2D eigenvalue weighted by Crippen LogP contribution is 2.24. The van der Waals surface area contributed by atoms with Crippen LogP contribution < -0.4 is 5.32 Å². The number of ether oxygens (including phenoxy) is 1. The molecule has 2 atom stereocenters. The minimum absolute atomic E-state index is 0.0641. The summed E-state index contributed by atoms with van der Waals surface area (Å²) in [5.74, 6) is -0.259. The first kappa shape index (κ1) is 16.1. The van der Waals surface area contributed by atoms with Gasteiger partial charge in [0, 0.05) is 12.6 Å². The van der Waals surface area contributed by atoms with Gasteiger partial charge < -0.3 is 10.1 Å². The van der Waals surface area contributed by atoms with Crippen LogP contribution in [-0.2, 0) is 9.53 Å². The molecule has 1 aromatic rings. The van der Waals surface area contributed by atoms with E-state index in [4.69, 9.17) is 4.74 Å². The average Bonchev–Trinajstić information content (AvgIpc) is 2.80. The Morgan fingerprint density at radius 3 is 2.77 bits per heavy atom. The van der Waals surface area contributed by atoms with Crippen LogP contribution in [0.4, 0.5) is 15.0 Å². The molecule has 2 rings (SSSR count). The Morgan fingerprint density at radius 2 is 2.18 bits per heavy atom. The van der Waals surface area contributed by atoms with Crippen LogP contribution in [0.5, 0.6) is 0 Å². The fourth-order valence-electron chi connectivity index (χ4n) is 2.13. The Labute approximate surface area is 127 Å². The zero-order valence-corrected chi connectivity index (χ0v) is 12.7. The van der Waals surface area contributed by atoms with Crippen LogP contribution in [0.1, 0.15) is 27.2 Å². The quantitative estimate of drug-likeness (QED) is 0.900. The van der Waals surface area contributed by atoms with E-state index in [-0.39, 0.29) is 18.8 Å². The molecule has 0 bridgehead atoms. The number of rotatable bonds is 2. The topological polar surface area (TPSA) is 84.4 Å². The van der Waals surface area contributed by atoms with E-state index in [0.29, 0.717) is 0 Å². The molecule has 0 radical (unpaired) electrons.